The first-order valence-electron chi connectivity index (χ1n) is 15.5. The van der Waals surface area contributed by atoms with Gasteiger partial charge in [-0.3, -0.25) is 4.79 Å². The fraction of sp³-hybridized carbons (Fsp3) is 0.270. The van der Waals surface area contributed by atoms with Crippen LogP contribution in [0.25, 0.3) is 5.57 Å². The van der Waals surface area contributed by atoms with Crippen molar-refractivity contribution in [2.45, 2.75) is 52.8 Å². The van der Waals surface area contributed by atoms with E-state index in [1.54, 1.807) is 5.57 Å². The van der Waals surface area contributed by atoms with E-state index in [1.807, 2.05) is 0 Å². The number of carbonyl (C=O) groups is 1. The third kappa shape index (κ3) is 10.8. The molecule has 48 heavy (non-hydrogen) atoms. The number of hydrogen-bond donors (Lipinski definition) is 0. The van der Waals surface area contributed by atoms with Gasteiger partial charge in [-0.2, -0.15) is 13.2 Å². The average molecular weight is 698 g/mol. The summed E-state index contributed by atoms with van der Waals surface area (Å²) < 4.78 is 64.0. The van der Waals surface area contributed by atoms with Gasteiger partial charge in [-0.15, -0.1) is 0 Å². The Hall–Kier alpha value is -3.90. The average Bonchev–Trinajstić information content (AvgIpc) is 3.07. The molecule has 254 valence electrons. The summed E-state index contributed by atoms with van der Waals surface area (Å²) >= 11 is 0. The molecule has 0 unspecified atom stereocenters. The predicted octanol–water partition coefficient (Wildman–Crippen LogP) is 8.07. The van der Waals surface area contributed by atoms with Crippen molar-refractivity contribution in [3.8, 4) is 0 Å². The third-order valence-corrected chi connectivity index (χ3v) is 10.5. The zero-order chi connectivity index (χ0) is 34.6. The van der Waals surface area contributed by atoms with Crippen LogP contribution in [0, 0.1) is 0 Å². The van der Waals surface area contributed by atoms with Crippen molar-refractivity contribution in [1.82, 2.24) is 4.90 Å². The normalized spacial score (nSPS) is 13.8. The van der Waals surface area contributed by atoms with Gasteiger partial charge in [-0.1, -0.05) is 72.3 Å². The SMILES string of the molecule is CC(=O)OCCCCN1CCC(=C(c2ccccc2)c2ccc([S+](c3ccccc3)c3ccccc3)cc2)CC1.O=S(=O)([O-])C(F)(F)F. The van der Waals surface area contributed by atoms with Crippen LogP contribution in [0.4, 0.5) is 13.2 Å². The van der Waals surface area contributed by atoms with Crippen LogP contribution in [0.15, 0.2) is 136 Å². The van der Waals surface area contributed by atoms with Crippen LogP contribution in [-0.2, 0) is 30.5 Å². The first kappa shape index (κ1) is 36.9. The van der Waals surface area contributed by atoms with Gasteiger partial charge in [0.05, 0.1) is 17.5 Å². The fourth-order valence-electron chi connectivity index (χ4n) is 5.41. The van der Waals surface area contributed by atoms with Crippen LogP contribution in [0.1, 0.15) is 43.7 Å². The maximum Gasteiger partial charge on any atom is 0.485 e. The lowest BCUT2D eigenvalue weighted by atomic mass is 9.88. The minimum Gasteiger partial charge on any atom is -0.741 e. The Morgan fingerprint density at radius 2 is 1.19 bits per heavy atom. The monoisotopic (exact) mass is 697 g/mol. The second-order valence-corrected chi connectivity index (χ2v) is 14.5. The molecule has 4 aromatic carbocycles. The summed E-state index contributed by atoms with van der Waals surface area (Å²) in [5.74, 6) is -0.189. The largest absolute Gasteiger partial charge is 0.741 e. The summed E-state index contributed by atoms with van der Waals surface area (Å²) in [7, 11) is -6.24. The van der Waals surface area contributed by atoms with Crippen molar-refractivity contribution in [2.24, 2.45) is 0 Å². The standard InChI is InChI=1S/C36H38NO2S.CHF3O3S/c1-29(38)39-28-12-11-25-37-26-23-32(24-27-37)36(30-13-5-2-6-14-30)31-19-21-35(22-20-31)40(33-15-7-3-8-16-33)34-17-9-4-10-18-34;2-1(3,4)8(5,6)7/h2-10,13-22H,11-12,23-28H2,1H3;(H,5,6,7)/q+1;/p-1. The fourth-order valence-corrected chi connectivity index (χ4v) is 7.49. The highest BCUT2D eigenvalue weighted by Gasteiger charge is 2.37. The number of benzene rings is 4. The molecule has 0 atom stereocenters. The number of ether oxygens (including phenoxy) is 1. The number of piperidine rings is 1. The minimum atomic E-state index is -6.09. The number of rotatable bonds is 10. The van der Waals surface area contributed by atoms with Crippen LogP contribution >= 0.6 is 0 Å². The van der Waals surface area contributed by atoms with Gasteiger partial charge >= 0.3 is 11.5 Å². The quantitative estimate of drug-likeness (QED) is 0.0548. The molecule has 0 saturated carbocycles. The molecule has 1 aliphatic rings. The summed E-state index contributed by atoms with van der Waals surface area (Å²) in [5, 5.41) is 0. The number of esters is 1. The maximum absolute atomic E-state index is 11.0. The summed E-state index contributed by atoms with van der Waals surface area (Å²) in [6.45, 7) is 5.21. The lowest BCUT2D eigenvalue weighted by Gasteiger charge is -2.30. The highest BCUT2D eigenvalue weighted by atomic mass is 32.2. The molecule has 1 heterocycles. The van der Waals surface area contributed by atoms with Gasteiger partial charge in [-0.25, -0.2) is 8.42 Å². The molecule has 0 amide bonds. The smallest absolute Gasteiger partial charge is 0.485 e. The van der Waals surface area contributed by atoms with Gasteiger partial charge in [0.25, 0.3) is 0 Å². The molecule has 0 aliphatic carbocycles. The third-order valence-electron chi connectivity index (χ3n) is 7.67. The lowest BCUT2D eigenvalue weighted by molar-refractivity contribution is -0.141. The molecular weight excluding hydrogens is 660 g/mol. The number of hydrogen-bond acceptors (Lipinski definition) is 6. The molecule has 1 saturated heterocycles. The molecule has 4 aromatic rings. The Morgan fingerprint density at radius 1 is 0.750 bits per heavy atom. The van der Waals surface area contributed by atoms with Gasteiger partial charge in [-0.05, 0) is 97.5 Å². The molecule has 0 aromatic heterocycles. The van der Waals surface area contributed by atoms with Crippen LogP contribution in [0.5, 0.6) is 0 Å². The first-order chi connectivity index (χ1) is 22.9. The zero-order valence-electron chi connectivity index (χ0n) is 26.6. The molecule has 0 bridgehead atoms. The summed E-state index contributed by atoms with van der Waals surface area (Å²) in [5.41, 5.74) is -0.122. The number of alkyl halides is 3. The van der Waals surface area contributed by atoms with Crippen molar-refractivity contribution < 1.29 is 35.7 Å². The van der Waals surface area contributed by atoms with E-state index in [2.05, 4.69) is 120 Å². The molecule has 0 N–H and O–H groups in total. The molecule has 0 radical (unpaired) electrons. The number of likely N-dealkylation sites (tertiary alicyclic amines) is 1. The van der Waals surface area contributed by atoms with Gasteiger partial charge in [0.15, 0.2) is 24.8 Å². The van der Waals surface area contributed by atoms with E-state index in [4.69, 9.17) is 17.7 Å². The second kappa shape index (κ2) is 17.5. The number of halogens is 3. The molecule has 1 fully saturated rings. The van der Waals surface area contributed by atoms with Crippen LogP contribution in [0.3, 0.4) is 0 Å². The first-order valence-corrected chi connectivity index (χ1v) is 18.2. The van der Waals surface area contributed by atoms with Gasteiger partial charge in [0, 0.05) is 20.0 Å². The predicted molar refractivity (Wildman–Crippen MR) is 181 cm³/mol. The molecule has 11 heteroatoms. The van der Waals surface area contributed by atoms with E-state index < -0.39 is 15.6 Å². The van der Waals surface area contributed by atoms with Crippen molar-refractivity contribution in [3.63, 3.8) is 0 Å². The number of nitrogens with zero attached hydrogens (tertiary/aromatic N) is 1. The Bertz CT molecular complexity index is 1680. The van der Waals surface area contributed by atoms with Gasteiger partial charge in [0.1, 0.15) is 0 Å². The number of unbranched alkanes of at least 4 members (excludes halogenated alkanes) is 1. The molecule has 5 rings (SSSR count). The van der Waals surface area contributed by atoms with E-state index in [-0.39, 0.29) is 16.9 Å². The highest BCUT2D eigenvalue weighted by Crippen LogP contribution is 2.35. The second-order valence-electron chi connectivity index (χ2n) is 11.1. The Labute approximate surface area is 283 Å². The van der Waals surface area contributed by atoms with Crippen molar-refractivity contribution in [3.05, 3.63) is 132 Å². The highest BCUT2D eigenvalue weighted by molar-refractivity contribution is 7.97. The van der Waals surface area contributed by atoms with Crippen molar-refractivity contribution in [1.29, 1.82) is 0 Å². The van der Waals surface area contributed by atoms with E-state index in [0.717, 1.165) is 45.3 Å². The summed E-state index contributed by atoms with van der Waals surface area (Å²) in [6, 6.07) is 41.9. The van der Waals surface area contributed by atoms with Crippen LogP contribution in [0.2, 0.25) is 0 Å². The van der Waals surface area contributed by atoms with E-state index in [1.165, 1.54) is 38.3 Å². The zero-order valence-corrected chi connectivity index (χ0v) is 28.2. The van der Waals surface area contributed by atoms with Crippen molar-refractivity contribution >= 4 is 32.6 Å². The topological polar surface area (TPSA) is 86.7 Å². The number of carbonyl (C=O) groups excluding carboxylic acids is 1. The van der Waals surface area contributed by atoms with Crippen LogP contribution in [-0.4, -0.2) is 55.6 Å². The van der Waals surface area contributed by atoms with Crippen LogP contribution < -0.4 is 0 Å². The Morgan fingerprint density at radius 3 is 1.65 bits per heavy atom. The van der Waals surface area contributed by atoms with E-state index in [9.17, 15) is 18.0 Å². The summed E-state index contributed by atoms with van der Waals surface area (Å²) in [6.07, 6.45) is 4.14. The Balaban J connectivity index is 0.000000579. The van der Waals surface area contributed by atoms with Gasteiger partial charge in [0.2, 0.25) is 0 Å². The molecule has 1 aliphatic heterocycles. The lowest BCUT2D eigenvalue weighted by Crippen LogP contribution is -2.32. The molecule has 0 spiro atoms. The maximum atomic E-state index is 11.0. The van der Waals surface area contributed by atoms with Gasteiger partial charge < -0.3 is 14.2 Å². The molecule has 6 nitrogen and oxygen atoms in total. The molecular formula is C37H38F3NO5S2. The minimum absolute atomic E-state index is 0.148. The van der Waals surface area contributed by atoms with Crippen molar-refractivity contribution in [2.75, 3.05) is 26.2 Å². The van der Waals surface area contributed by atoms with E-state index in [0.29, 0.717) is 6.61 Å². The Kier molecular flexibility index (Phi) is 13.5. The summed E-state index contributed by atoms with van der Waals surface area (Å²) in [4.78, 5) is 17.5. The van der Waals surface area contributed by atoms with E-state index >= 15 is 0 Å².